The Morgan fingerprint density at radius 1 is 1.18 bits per heavy atom. The SMILES string of the molecule is COc1cccc(Oc2ccc(F)cc2Br)n1. The van der Waals surface area contributed by atoms with Crippen LogP contribution in [0.2, 0.25) is 0 Å². The van der Waals surface area contributed by atoms with E-state index in [2.05, 4.69) is 20.9 Å². The second-order valence-electron chi connectivity index (χ2n) is 3.19. The predicted octanol–water partition coefficient (Wildman–Crippen LogP) is 3.78. The van der Waals surface area contributed by atoms with Crippen LogP contribution in [-0.2, 0) is 0 Å². The van der Waals surface area contributed by atoms with Crippen LogP contribution < -0.4 is 9.47 Å². The Balaban J connectivity index is 2.25. The van der Waals surface area contributed by atoms with Gasteiger partial charge in [-0.3, -0.25) is 0 Å². The third-order valence-electron chi connectivity index (χ3n) is 2.02. The highest BCUT2D eigenvalue weighted by atomic mass is 79.9. The van der Waals surface area contributed by atoms with E-state index < -0.39 is 0 Å². The summed E-state index contributed by atoms with van der Waals surface area (Å²) >= 11 is 3.22. The molecule has 0 aliphatic rings. The van der Waals surface area contributed by atoms with Gasteiger partial charge in [0.2, 0.25) is 11.8 Å². The van der Waals surface area contributed by atoms with Crippen molar-refractivity contribution in [2.45, 2.75) is 0 Å². The molecule has 0 spiro atoms. The van der Waals surface area contributed by atoms with E-state index in [0.717, 1.165) is 0 Å². The second-order valence-corrected chi connectivity index (χ2v) is 4.05. The smallest absolute Gasteiger partial charge is 0.222 e. The molecule has 2 aromatic rings. The number of methoxy groups -OCH3 is 1. The normalized spacial score (nSPS) is 10.1. The first-order chi connectivity index (χ1) is 8.19. The molecule has 0 bridgehead atoms. The molecule has 1 heterocycles. The van der Waals surface area contributed by atoms with Crippen molar-refractivity contribution in [1.82, 2.24) is 4.98 Å². The van der Waals surface area contributed by atoms with Gasteiger partial charge in [0, 0.05) is 12.1 Å². The van der Waals surface area contributed by atoms with Crippen LogP contribution in [0.25, 0.3) is 0 Å². The van der Waals surface area contributed by atoms with Gasteiger partial charge >= 0.3 is 0 Å². The minimum atomic E-state index is -0.331. The number of hydrogen-bond acceptors (Lipinski definition) is 3. The summed E-state index contributed by atoms with van der Waals surface area (Å²) in [5, 5.41) is 0. The van der Waals surface area contributed by atoms with Crippen molar-refractivity contribution in [3.05, 3.63) is 46.7 Å². The van der Waals surface area contributed by atoms with E-state index in [1.807, 2.05) is 0 Å². The molecule has 3 nitrogen and oxygen atoms in total. The van der Waals surface area contributed by atoms with Crippen LogP contribution in [0.5, 0.6) is 17.5 Å². The maximum absolute atomic E-state index is 12.9. The Labute approximate surface area is 106 Å². The highest BCUT2D eigenvalue weighted by Crippen LogP contribution is 2.29. The van der Waals surface area contributed by atoms with Gasteiger partial charge < -0.3 is 9.47 Å². The van der Waals surface area contributed by atoms with Gasteiger partial charge in [0.1, 0.15) is 11.6 Å². The maximum atomic E-state index is 12.9. The van der Waals surface area contributed by atoms with Gasteiger partial charge in [-0.2, -0.15) is 4.98 Å². The third kappa shape index (κ3) is 2.94. The number of nitrogens with zero attached hydrogens (tertiary/aromatic N) is 1. The van der Waals surface area contributed by atoms with Crippen molar-refractivity contribution in [2.75, 3.05) is 7.11 Å². The Bertz CT molecular complexity index is 534. The van der Waals surface area contributed by atoms with E-state index in [1.165, 1.54) is 25.3 Å². The second kappa shape index (κ2) is 5.14. The zero-order chi connectivity index (χ0) is 12.3. The fourth-order valence-corrected chi connectivity index (χ4v) is 1.67. The molecular weight excluding hydrogens is 289 g/mol. The van der Waals surface area contributed by atoms with Crippen molar-refractivity contribution >= 4 is 15.9 Å². The molecule has 0 fully saturated rings. The molecule has 0 amide bonds. The van der Waals surface area contributed by atoms with Gasteiger partial charge in [0.05, 0.1) is 11.6 Å². The highest BCUT2D eigenvalue weighted by Gasteiger charge is 2.05. The minimum Gasteiger partial charge on any atom is -0.481 e. The lowest BCUT2D eigenvalue weighted by Crippen LogP contribution is -1.92. The minimum absolute atomic E-state index is 0.331. The molecule has 5 heteroatoms. The van der Waals surface area contributed by atoms with Crippen molar-refractivity contribution in [3.8, 4) is 17.5 Å². The summed E-state index contributed by atoms with van der Waals surface area (Å²) in [6.07, 6.45) is 0. The first-order valence-electron chi connectivity index (χ1n) is 4.83. The summed E-state index contributed by atoms with van der Waals surface area (Å²) in [5.41, 5.74) is 0. The largest absolute Gasteiger partial charge is 0.481 e. The van der Waals surface area contributed by atoms with Gasteiger partial charge in [0.15, 0.2) is 0 Å². The average Bonchev–Trinajstić information content (AvgIpc) is 2.33. The maximum Gasteiger partial charge on any atom is 0.222 e. The third-order valence-corrected chi connectivity index (χ3v) is 2.64. The Hall–Kier alpha value is -1.62. The monoisotopic (exact) mass is 297 g/mol. The fraction of sp³-hybridized carbons (Fsp3) is 0.0833. The standard InChI is InChI=1S/C12H9BrFNO2/c1-16-11-3-2-4-12(15-11)17-10-6-5-8(14)7-9(10)13/h2-7H,1H3. The van der Waals surface area contributed by atoms with Crippen molar-refractivity contribution in [2.24, 2.45) is 0 Å². The van der Waals surface area contributed by atoms with Gasteiger partial charge in [-0.05, 0) is 34.1 Å². The summed E-state index contributed by atoms with van der Waals surface area (Å²) in [6, 6.07) is 9.35. The number of benzene rings is 1. The zero-order valence-electron chi connectivity index (χ0n) is 8.98. The lowest BCUT2D eigenvalue weighted by molar-refractivity contribution is 0.383. The van der Waals surface area contributed by atoms with E-state index >= 15 is 0 Å². The Kier molecular flexibility index (Phi) is 3.58. The summed E-state index contributed by atoms with van der Waals surface area (Å²) < 4.78 is 23.9. The van der Waals surface area contributed by atoms with Crippen LogP contribution in [0.4, 0.5) is 4.39 Å². The molecule has 0 radical (unpaired) electrons. The molecule has 0 N–H and O–H groups in total. The van der Waals surface area contributed by atoms with Crippen LogP contribution in [0, 0.1) is 5.82 Å². The van der Waals surface area contributed by atoms with E-state index in [-0.39, 0.29) is 5.82 Å². The summed E-state index contributed by atoms with van der Waals surface area (Å²) in [5.74, 6) is 1.01. The van der Waals surface area contributed by atoms with Crippen LogP contribution in [0.1, 0.15) is 0 Å². The van der Waals surface area contributed by atoms with Gasteiger partial charge in [-0.1, -0.05) is 6.07 Å². The highest BCUT2D eigenvalue weighted by molar-refractivity contribution is 9.10. The first-order valence-corrected chi connectivity index (χ1v) is 5.62. The predicted molar refractivity (Wildman–Crippen MR) is 65.0 cm³/mol. The molecule has 0 aliphatic carbocycles. The number of pyridine rings is 1. The quantitative estimate of drug-likeness (QED) is 0.864. The molecule has 1 aromatic heterocycles. The molecule has 0 saturated carbocycles. The van der Waals surface area contributed by atoms with Gasteiger partial charge in [0.25, 0.3) is 0 Å². The Morgan fingerprint density at radius 3 is 2.65 bits per heavy atom. The molecule has 2 rings (SSSR count). The number of ether oxygens (including phenoxy) is 2. The molecule has 0 unspecified atom stereocenters. The van der Waals surface area contributed by atoms with Gasteiger partial charge in [-0.15, -0.1) is 0 Å². The lowest BCUT2D eigenvalue weighted by Gasteiger charge is -2.07. The average molecular weight is 298 g/mol. The molecule has 0 atom stereocenters. The van der Waals surface area contributed by atoms with E-state index in [0.29, 0.717) is 22.0 Å². The zero-order valence-corrected chi connectivity index (χ0v) is 10.6. The summed E-state index contributed by atoms with van der Waals surface area (Å²) in [7, 11) is 1.53. The summed E-state index contributed by atoms with van der Waals surface area (Å²) in [4.78, 5) is 4.09. The van der Waals surface area contributed by atoms with Crippen LogP contribution in [0.3, 0.4) is 0 Å². The van der Waals surface area contributed by atoms with Crippen molar-refractivity contribution in [3.63, 3.8) is 0 Å². The van der Waals surface area contributed by atoms with E-state index in [1.54, 1.807) is 18.2 Å². The van der Waals surface area contributed by atoms with Crippen molar-refractivity contribution in [1.29, 1.82) is 0 Å². The van der Waals surface area contributed by atoms with Crippen LogP contribution >= 0.6 is 15.9 Å². The molecule has 0 saturated heterocycles. The fourth-order valence-electron chi connectivity index (χ4n) is 1.24. The molecule has 17 heavy (non-hydrogen) atoms. The van der Waals surface area contributed by atoms with E-state index in [9.17, 15) is 4.39 Å². The van der Waals surface area contributed by atoms with Crippen molar-refractivity contribution < 1.29 is 13.9 Å². The van der Waals surface area contributed by atoms with Gasteiger partial charge in [-0.25, -0.2) is 4.39 Å². The Morgan fingerprint density at radius 2 is 1.94 bits per heavy atom. The lowest BCUT2D eigenvalue weighted by atomic mass is 10.3. The number of hydrogen-bond donors (Lipinski definition) is 0. The molecule has 88 valence electrons. The summed E-state index contributed by atoms with van der Waals surface area (Å²) in [6.45, 7) is 0. The van der Waals surface area contributed by atoms with E-state index in [4.69, 9.17) is 9.47 Å². The number of halogens is 2. The van der Waals surface area contributed by atoms with Crippen LogP contribution in [0.15, 0.2) is 40.9 Å². The van der Waals surface area contributed by atoms with Crippen LogP contribution in [-0.4, -0.2) is 12.1 Å². The number of aromatic nitrogens is 1. The molecular formula is C12H9BrFNO2. The number of rotatable bonds is 3. The molecule has 1 aromatic carbocycles. The molecule has 0 aliphatic heterocycles. The first kappa shape index (κ1) is 11.9. The topological polar surface area (TPSA) is 31.4 Å².